The lowest BCUT2D eigenvalue weighted by Gasteiger charge is -2.26. The minimum absolute atomic E-state index is 0.102. The SMILES string of the molecule is CC(C)(C)NC(=O)C(C)(O)CCl. The molecule has 0 radical (unpaired) electrons. The lowest BCUT2D eigenvalue weighted by Crippen LogP contribution is -2.52. The molecule has 0 aromatic heterocycles. The van der Waals surface area contributed by atoms with Gasteiger partial charge in [-0.05, 0) is 27.7 Å². The third-order valence-corrected chi connectivity index (χ3v) is 1.76. The molecule has 0 aliphatic carbocycles. The first-order chi connectivity index (χ1) is 5.19. The van der Waals surface area contributed by atoms with E-state index in [0.717, 1.165) is 0 Å². The van der Waals surface area contributed by atoms with E-state index in [1.807, 2.05) is 20.8 Å². The first kappa shape index (κ1) is 11.7. The van der Waals surface area contributed by atoms with Gasteiger partial charge in [0.1, 0.15) is 0 Å². The van der Waals surface area contributed by atoms with Crippen molar-refractivity contribution in [2.75, 3.05) is 5.88 Å². The van der Waals surface area contributed by atoms with E-state index >= 15 is 0 Å². The van der Waals surface area contributed by atoms with Gasteiger partial charge in [-0.1, -0.05) is 0 Å². The normalized spacial score (nSPS) is 16.8. The van der Waals surface area contributed by atoms with Gasteiger partial charge in [-0.3, -0.25) is 4.79 Å². The molecule has 2 N–H and O–H groups in total. The van der Waals surface area contributed by atoms with Gasteiger partial charge in [-0.2, -0.15) is 0 Å². The summed E-state index contributed by atoms with van der Waals surface area (Å²) in [6, 6.07) is 0. The molecular formula is C8H16ClNO2. The number of nitrogens with one attached hydrogen (secondary N) is 1. The number of carbonyl (C=O) groups is 1. The molecule has 1 amide bonds. The Bertz CT molecular complexity index is 172. The van der Waals surface area contributed by atoms with Crippen LogP contribution < -0.4 is 5.32 Å². The van der Waals surface area contributed by atoms with Crippen LogP contribution in [0.2, 0.25) is 0 Å². The molecule has 0 aliphatic heterocycles. The molecule has 0 saturated carbocycles. The lowest BCUT2D eigenvalue weighted by molar-refractivity contribution is -0.137. The van der Waals surface area contributed by atoms with Crippen LogP contribution in [0, 0.1) is 0 Å². The Hall–Kier alpha value is -0.280. The number of amides is 1. The van der Waals surface area contributed by atoms with Crippen molar-refractivity contribution in [2.24, 2.45) is 0 Å². The summed E-state index contributed by atoms with van der Waals surface area (Å²) >= 11 is 5.41. The zero-order chi connectivity index (χ0) is 9.99. The molecular weight excluding hydrogens is 178 g/mol. The highest BCUT2D eigenvalue weighted by molar-refractivity contribution is 6.20. The van der Waals surface area contributed by atoms with Crippen molar-refractivity contribution in [1.29, 1.82) is 0 Å². The maximum absolute atomic E-state index is 11.3. The van der Waals surface area contributed by atoms with Gasteiger partial charge >= 0.3 is 0 Å². The Morgan fingerprint density at radius 1 is 1.42 bits per heavy atom. The smallest absolute Gasteiger partial charge is 0.253 e. The number of rotatable bonds is 2. The van der Waals surface area contributed by atoms with Crippen molar-refractivity contribution in [2.45, 2.75) is 38.8 Å². The molecule has 0 saturated heterocycles. The molecule has 0 heterocycles. The molecule has 3 nitrogen and oxygen atoms in total. The van der Waals surface area contributed by atoms with Crippen LogP contribution in [0.4, 0.5) is 0 Å². The fourth-order valence-electron chi connectivity index (χ4n) is 0.536. The summed E-state index contributed by atoms with van der Waals surface area (Å²) in [5.41, 5.74) is -1.82. The third kappa shape index (κ3) is 3.93. The first-order valence-electron chi connectivity index (χ1n) is 3.80. The summed E-state index contributed by atoms with van der Waals surface area (Å²) in [6.07, 6.45) is 0. The van der Waals surface area contributed by atoms with E-state index in [4.69, 9.17) is 11.6 Å². The maximum atomic E-state index is 11.3. The van der Waals surface area contributed by atoms with Gasteiger partial charge in [0.05, 0.1) is 5.88 Å². The van der Waals surface area contributed by atoms with Crippen LogP contribution in [0.5, 0.6) is 0 Å². The van der Waals surface area contributed by atoms with Crippen molar-refractivity contribution in [3.63, 3.8) is 0 Å². The minimum Gasteiger partial charge on any atom is -0.379 e. The van der Waals surface area contributed by atoms with Crippen molar-refractivity contribution in [3.05, 3.63) is 0 Å². The van der Waals surface area contributed by atoms with Crippen LogP contribution in [0.3, 0.4) is 0 Å². The highest BCUT2D eigenvalue weighted by atomic mass is 35.5. The fraction of sp³-hybridized carbons (Fsp3) is 0.875. The Kier molecular flexibility index (Phi) is 3.54. The maximum Gasteiger partial charge on any atom is 0.253 e. The van der Waals surface area contributed by atoms with Gasteiger partial charge in [-0.25, -0.2) is 0 Å². The Labute approximate surface area is 78.1 Å². The summed E-state index contributed by atoms with van der Waals surface area (Å²) in [7, 11) is 0. The summed E-state index contributed by atoms with van der Waals surface area (Å²) in [6.45, 7) is 6.92. The van der Waals surface area contributed by atoms with Crippen LogP contribution in [-0.4, -0.2) is 28.0 Å². The highest BCUT2D eigenvalue weighted by Crippen LogP contribution is 2.08. The third-order valence-electron chi connectivity index (χ3n) is 1.24. The van der Waals surface area contributed by atoms with E-state index in [9.17, 15) is 9.90 Å². The molecule has 1 unspecified atom stereocenters. The summed E-state index contributed by atoms with van der Waals surface area (Å²) in [5, 5.41) is 12.0. The van der Waals surface area contributed by atoms with Crippen molar-refractivity contribution in [1.82, 2.24) is 5.32 Å². The second-order valence-corrected chi connectivity index (χ2v) is 4.38. The van der Waals surface area contributed by atoms with E-state index in [2.05, 4.69) is 5.32 Å². The molecule has 0 aliphatic rings. The Balaban J connectivity index is 4.23. The van der Waals surface area contributed by atoms with E-state index in [0.29, 0.717) is 0 Å². The summed E-state index contributed by atoms with van der Waals surface area (Å²) in [4.78, 5) is 11.3. The second kappa shape index (κ2) is 3.62. The van der Waals surface area contributed by atoms with Crippen LogP contribution in [-0.2, 0) is 4.79 Å². The zero-order valence-electron chi connectivity index (χ0n) is 7.94. The zero-order valence-corrected chi connectivity index (χ0v) is 8.70. The molecule has 1 atom stereocenters. The van der Waals surface area contributed by atoms with Crippen LogP contribution in [0.15, 0.2) is 0 Å². The Morgan fingerprint density at radius 2 is 1.83 bits per heavy atom. The summed E-state index contributed by atoms with van der Waals surface area (Å²) in [5.74, 6) is -0.542. The number of halogens is 1. The molecule has 0 spiro atoms. The van der Waals surface area contributed by atoms with Gasteiger partial charge in [0.15, 0.2) is 5.60 Å². The average molecular weight is 194 g/mol. The largest absolute Gasteiger partial charge is 0.379 e. The highest BCUT2D eigenvalue weighted by Gasteiger charge is 2.31. The number of hydrogen-bond donors (Lipinski definition) is 2. The van der Waals surface area contributed by atoms with Gasteiger partial charge in [0.25, 0.3) is 5.91 Å². The van der Waals surface area contributed by atoms with Crippen molar-refractivity contribution in [3.8, 4) is 0 Å². The summed E-state index contributed by atoms with van der Waals surface area (Å²) < 4.78 is 0. The fourth-order valence-corrected chi connectivity index (χ4v) is 0.657. The van der Waals surface area contributed by atoms with Crippen LogP contribution in [0.25, 0.3) is 0 Å². The van der Waals surface area contributed by atoms with Crippen LogP contribution in [0.1, 0.15) is 27.7 Å². The monoisotopic (exact) mass is 193 g/mol. The Morgan fingerprint density at radius 3 is 2.08 bits per heavy atom. The van der Waals surface area contributed by atoms with Crippen LogP contribution >= 0.6 is 11.6 Å². The number of carbonyl (C=O) groups excluding carboxylic acids is 1. The standard InChI is InChI=1S/C8H16ClNO2/c1-7(2,3)10-6(11)8(4,12)5-9/h12H,5H2,1-4H3,(H,10,11). The van der Waals surface area contributed by atoms with Crippen molar-refractivity contribution >= 4 is 17.5 Å². The van der Waals surface area contributed by atoms with Gasteiger partial charge in [-0.15, -0.1) is 11.6 Å². The molecule has 0 fully saturated rings. The van der Waals surface area contributed by atoms with E-state index < -0.39 is 11.5 Å². The van der Waals surface area contributed by atoms with Gasteiger partial charge in [0, 0.05) is 5.54 Å². The number of hydrogen-bond acceptors (Lipinski definition) is 2. The second-order valence-electron chi connectivity index (χ2n) is 4.11. The van der Waals surface area contributed by atoms with E-state index in [-0.39, 0.29) is 11.4 Å². The molecule has 4 heteroatoms. The molecule has 0 aromatic rings. The predicted molar refractivity (Wildman–Crippen MR) is 49.2 cm³/mol. The number of aliphatic hydroxyl groups is 1. The lowest BCUT2D eigenvalue weighted by atomic mass is 10.0. The topological polar surface area (TPSA) is 49.3 Å². The minimum atomic E-state index is -1.48. The van der Waals surface area contributed by atoms with Gasteiger partial charge < -0.3 is 10.4 Å². The molecule has 0 aromatic carbocycles. The predicted octanol–water partition coefficient (Wildman–Crippen LogP) is 0.891. The quantitative estimate of drug-likeness (QED) is 0.640. The average Bonchev–Trinajstić information content (AvgIpc) is 1.84. The molecule has 72 valence electrons. The van der Waals surface area contributed by atoms with E-state index in [1.54, 1.807) is 0 Å². The molecule has 12 heavy (non-hydrogen) atoms. The van der Waals surface area contributed by atoms with Crippen molar-refractivity contribution < 1.29 is 9.90 Å². The van der Waals surface area contributed by atoms with E-state index in [1.165, 1.54) is 6.92 Å². The molecule has 0 rings (SSSR count). The molecule has 0 bridgehead atoms. The number of alkyl halides is 1. The van der Waals surface area contributed by atoms with Gasteiger partial charge in [0.2, 0.25) is 0 Å². The first-order valence-corrected chi connectivity index (χ1v) is 4.33.